The molecule has 2 rings (SSSR count). The highest BCUT2D eigenvalue weighted by Crippen LogP contribution is 2.26. The molecule has 1 aromatic rings. The Hall–Kier alpha value is -1.72. The molecule has 1 atom stereocenters. The summed E-state index contributed by atoms with van der Waals surface area (Å²) in [5.41, 5.74) is 1.69. The van der Waals surface area contributed by atoms with Crippen LogP contribution in [-0.4, -0.2) is 39.3 Å². The van der Waals surface area contributed by atoms with Crippen LogP contribution < -0.4 is 4.90 Å². The van der Waals surface area contributed by atoms with E-state index in [1.807, 2.05) is 18.7 Å². The van der Waals surface area contributed by atoms with E-state index in [1.54, 1.807) is 6.92 Å². The van der Waals surface area contributed by atoms with Crippen molar-refractivity contribution in [2.24, 2.45) is 11.8 Å². The number of aliphatic carboxylic acids is 1. The van der Waals surface area contributed by atoms with Crippen LogP contribution in [0.25, 0.3) is 0 Å². The molecule has 6 heteroatoms. The molecule has 0 saturated carbocycles. The van der Waals surface area contributed by atoms with Crippen LogP contribution in [0.1, 0.15) is 18.3 Å². The molecule has 0 radical (unpaired) electrons. The Labute approximate surface area is 99.7 Å². The van der Waals surface area contributed by atoms with Gasteiger partial charge in [0.1, 0.15) is 0 Å². The lowest BCUT2D eigenvalue weighted by atomic mass is 9.87. The molecule has 92 valence electrons. The lowest BCUT2D eigenvalue weighted by Crippen LogP contribution is -2.51. The van der Waals surface area contributed by atoms with Crippen LogP contribution in [0.4, 0.5) is 5.95 Å². The van der Waals surface area contributed by atoms with E-state index in [-0.39, 0.29) is 11.8 Å². The van der Waals surface area contributed by atoms with Crippen molar-refractivity contribution in [1.82, 2.24) is 15.2 Å². The Morgan fingerprint density at radius 1 is 1.35 bits per heavy atom. The van der Waals surface area contributed by atoms with Gasteiger partial charge in [-0.15, -0.1) is 5.10 Å². The third kappa shape index (κ3) is 2.20. The molecule has 0 spiro atoms. The zero-order valence-corrected chi connectivity index (χ0v) is 10.2. The number of aryl methyl sites for hydroxylation is 2. The van der Waals surface area contributed by atoms with Crippen LogP contribution in [0.15, 0.2) is 0 Å². The van der Waals surface area contributed by atoms with Crippen LogP contribution >= 0.6 is 0 Å². The van der Waals surface area contributed by atoms with Crippen molar-refractivity contribution in [3.63, 3.8) is 0 Å². The fourth-order valence-corrected chi connectivity index (χ4v) is 1.77. The monoisotopic (exact) mass is 236 g/mol. The summed E-state index contributed by atoms with van der Waals surface area (Å²) >= 11 is 0. The summed E-state index contributed by atoms with van der Waals surface area (Å²) in [5, 5.41) is 16.9. The Kier molecular flexibility index (Phi) is 2.95. The Balaban J connectivity index is 1.99. The predicted octanol–water partition coefficient (Wildman–Crippen LogP) is 0.645. The SMILES string of the molecule is Cc1nnc(N2CC(C(C)C(=O)O)C2)nc1C. The number of carbonyl (C=O) groups is 1. The number of carboxylic acid groups (broad SMARTS) is 1. The molecule has 1 saturated heterocycles. The minimum Gasteiger partial charge on any atom is -0.481 e. The Morgan fingerprint density at radius 3 is 2.53 bits per heavy atom. The third-order valence-corrected chi connectivity index (χ3v) is 3.37. The molecule has 0 aliphatic carbocycles. The first-order chi connectivity index (χ1) is 7.99. The van der Waals surface area contributed by atoms with Gasteiger partial charge in [0.15, 0.2) is 0 Å². The van der Waals surface area contributed by atoms with Gasteiger partial charge in [-0.05, 0) is 13.8 Å². The fraction of sp³-hybridized carbons (Fsp3) is 0.636. The fourth-order valence-electron chi connectivity index (χ4n) is 1.77. The number of aromatic nitrogens is 3. The quantitative estimate of drug-likeness (QED) is 0.829. The Bertz CT molecular complexity index is 443. The van der Waals surface area contributed by atoms with Gasteiger partial charge in [0, 0.05) is 19.0 Å². The number of hydrogen-bond donors (Lipinski definition) is 1. The third-order valence-electron chi connectivity index (χ3n) is 3.37. The normalized spacial score (nSPS) is 17.7. The second-order valence-electron chi connectivity index (χ2n) is 4.57. The van der Waals surface area contributed by atoms with Gasteiger partial charge in [-0.3, -0.25) is 4.79 Å². The van der Waals surface area contributed by atoms with Crippen molar-refractivity contribution in [3.05, 3.63) is 11.4 Å². The van der Waals surface area contributed by atoms with Gasteiger partial charge in [-0.25, -0.2) is 4.98 Å². The van der Waals surface area contributed by atoms with Gasteiger partial charge in [0.25, 0.3) is 0 Å². The van der Waals surface area contributed by atoms with Crippen molar-refractivity contribution in [1.29, 1.82) is 0 Å². The summed E-state index contributed by atoms with van der Waals surface area (Å²) in [7, 11) is 0. The maximum atomic E-state index is 10.8. The first-order valence-electron chi connectivity index (χ1n) is 5.64. The van der Waals surface area contributed by atoms with Crippen molar-refractivity contribution >= 4 is 11.9 Å². The predicted molar refractivity (Wildman–Crippen MR) is 61.8 cm³/mol. The zero-order chi connectivity index (χ0) is 12.6. The molecular formula is C11H16N4O2. The maximum Gasteiger partial charge on any atom is 0.306 e. The van der Waals surface area contributed by atoms with Crippen LogP contribution in [0, 0.1) is 25.7 Å². The van der Waals surface area contributed by atoms with E-state index in [0.29, 0.717) is 19.0 Å². The minimum absolute atomic E-state index is 0.178. The molecule has 1 unspecified atom stereocenters. The number of anilines is 1. The molecule has 1 fully saturated rings. The molecule has 6 nitrogen and oxygen atoms in total. The molecule has 2 heterocycles. The van der Waals surface area contributed by atoms with Gasteiger partial charge in [0.05, 0.1) is 17.3 Å². The summed E-state index contributed by atoms with van der Waals surface area (Å²) in [6, 6.07) is 0. The van der Waals surface area contributed by atoms with Gasteiger partial charge in [0.2, 0.25) is 5.95 Å². The average Bonchev–Trinajstić information content (AvgIpc) is 2.20. The molecular weight excluding hydrogens is 220 g/mol. The van der Waals surface area contributed by atoms with Crippen molar-refractivity contribution in [2.45, 2.75) is 20.8 Å². The summed E-state index contributed by atoms with van der Waals surface area (Å²) in [4.78, 5) is 17.1. The summed E-state index contributed by atoms with van der Waals surface area (Å²) in [6.07, 6.45) is 0. The first-order valence-corrected chi connectivity index (χ1v) is 5.64. The molecule has 1 N–H and O–H groups in total. The smallest absolute Gasteiger partial charge is 0.306 e. The van der Waals surface area contributed by atoms with E-state index < -0.39 is 5.97 Å². The van der Waals surface area contributed by atoms with Crippen LogP contribution in [0.3, 0.4) is 0 Å². The van der Waals surface area contributed by atoms with Gasteiger partial charge in [-0.2, -0.15) is 5.10 Å². The summed E-state index contributed by atoms with van der Waals surface area (Å²) in [6.45, 7) is 6.88. The van der Waals surface area contributed by atoms with E-state index in [4.69, 9.17) is 5.11 Å². The molecule has 17 heavy (non-hydrogen) atoms. The average molecular weight is 236 g/mol. The van der Waals surface area contributed by atoms with Crippen molar-refractivity contribution < 1.29 is 9.90 Å². The highest BCUT2D eigenvalue weighted by atomic mass is 16.4. The number of hydrogen-bond acceptors (Lipinski definition) is 5. The largest absolute Gasteiger partial charge is 0.481 e. The Morgan fingerprint density at radius 2 is 2.00 bits per heavy atom. The molecule has 0 amide bonds. The zero-order valence-electron chi connectivity index (χ0n) is 10.2. The standard InChI is InChI=1S/C11H16N4O2/c1-6(10(16)17)9-4-15(5-9)11-12-7(2)8(3)13-14-11/h6,9H,4-5H2,1-3H3,(H,16,17). The lowest BCUT2D eigenvalue weighted by Gasteiger charge is -2.40. The van der Waals surface area contributed by atoms with Gasteiger partial charge in [-0.1, -0.05) is 6.92 Å². The lowest BCUT2D eigenvalue weighted by molar-refractivity contribution is -0.143. The highest BCUT2D eigenvalue weighted by molar-refractivity contribution is 5.70. The molecule has 1 aliphatic rings. The van der Waals surface area contributed by atoms with E-state index in [2.05, 4.69) is 15.2 Å². The first kappa shape index (κ1) is 11.8. The van der Waals surface area contributed by atoms with E-state index in [0.717, 1.165) is 11.4 Å². The molecule has 1 aromatic heterocycles. The van der Waals surface area contributed by atoms with Crippen molar-refractivity contribution in [3.8, 4) is 0 Å². The minimum atomic E-state index is -0.742. The van der Waals surface area contributed by atoms with Crippen LogP contribution in [0.5, 0.6) is 0 Å². The molecule has 0 aromatic carbocycles. The van der Waals surface area contributed by atoms with Gasteiger partial charge >= 0.3 is 5.97 Å². The maximum absolute atomic E-state index is 10.8. The molecule has 1 aliphatic heterocycles. The number of nitrogens with zero attached hydrogens (tertiary/aromatic N) is 4. The molecule has 0 bridgehead atoms. The second kappa shape index (κ2) is 4.27. The highest BCUT2D eigenvalue weighted by Gasteiger charge is 2.36. The van der Waals surface area contributed by atoms with E-state index in [1.165, 1.54) is 0 Å². The van der Waals surface area contributed by atoms with Crippen molar-refractivity contribution in [2.75, 3.05) is 18.0 Å². The number of rotatable bonds is 3. The van der Waals surface area contributed by atoms with Gasteiger partial charge < -0.3 is 10.0 Å². The summed E-state index contributed by atoms with van der Waals surface area (Å²) in [5.74, 6) is -0.279. The summed E-state index contributed by atoms with van der Waals surface area (Å²) < 4.78 is 0. The number of carboxylic acids is 1. The second-order valence-corrected chi connectivity index (χ2v) is 4.57. The van der Waals surface area contributed by atoms with E-state index >= 15 is 0 Å². The van der Waals surface area contributed by atoms with E-state index in [9.17, 15) is 4.79 Å². The topological polar surface area (TPSA) is 79.2 Å². The van der Waals surface area contributed by atoms with Crippen LogP contribution in [0.2, 0.25) is 0 Å². The van der Waals surface area contributed by atoms with Crippen LogP contribution in [-0.2, 0) is 4.79 Å².